The lowest BCUT2D eigenvalue weighted by molar-refractivity contribution is -0.122. The fourth-order valence-corrected chi connectivity index (χ4v) is 4.64. The van der Waals surface area contributed by atoms with Crippen LogP contribution in [0.15, 0.2) is 48.7 Å². The van der Waals surface area contributed by atoms with Gasteiger partial charge in [0.25, 0.3) is 0 Å². The Morgan fingerprint density at radius 1 is 1.09 bits per heavy atom. The highest BCUT2D eigenvalue weighted by atomic mass is 16.5. The van der Waals surface area contributed by atoms with Gasteiger partial charge in [0.05, 0.1) is 31.5 Å². The molecule has 3 aromatic rings. The minimum Gasteiger partial charge on any atom is -0.497 e. The average molecular weight is 461 g/mol. The summed E-state index contributed by atoms with van der Waals surface area (Å²) in [4.78, 5) is 32.0. The maximum atomic E-state index is 12.9. The molecule has 176 valence electrons. The van der Waals surface area contributed by atoms with E-state index < -0.39 is 5.92 Å². The number of fused-ring (bicyclic) bond motifs is 1. The van der Waals surface area contributed by atoms with E-state index in [1.54, 1.807) is 37.3 Å². The number of carbonyl (C=O) groups is 2. The van der Waals surface area contributed by atoms with E-state index in [0.717, 1.165) is 30.0 Å². The zero-order valence-corrected chi connectivity index (χ0v) is 19.4. The molecule has 0 bridgehead atoms. The number of benzene rings is 2. The van der Waals surface area contributed by atoms with Crippen LogP contribution in [0.4, 0.5) is 11.4 Å². The maximum absolute atomic E-state index is 12.9. The summed E-state index contributed by atoms with van der Waals surface area (Å²) in [6.45, 7) is 1.31. The van der Waals surface area contributed by atoms with Gasteiger partial charge in [0.2, 0.25) is 11.8 Å². The molecule has 1 aromatic heterocycles. The van der Waals surface area contributed by atoms with E-state index in [2.05, 4.69) is 16.1 Å². The molecule has 5 rings (SSSR count). The van der Waals surface area contributed by atoms with Crippen LogP contribution in [0.25, 0.3) is 11.3 Å². The molecular formula is C26H28N4O4. The van der Waals surface area contributed by atoms with Gasteiger partial charge in [0.15, 0.2) is 0 Å². The zero-order valence-electron chi connectivity index (χ0n) is 19.4. The third-order valence-electron chi connectivity index (χ3n) is 6.53. The van der Waals surface area contributed by atoms with Crippen LogP contribution in [0.5, 0.6) is 11.5 Å². The van der Waals surface area contributed by atoms with Gasteiger partial charge in [0, 0.05) is 49.4 Å². The lowest BCUT2D eigenvalue weighted by atomic mass is 10.1. The van der Waals surface area contributed by atoms with E-state index in [4.69, 9.17) is 14.5 Å². The smallest absolute Gasteiger partial charge is 0.229 e. The summed E-state index contributed by atoms with van der Waals surface area (Å²) in [5.74, 6) is 1.57. The summed E-state index contributed by atoms with van der Waals surface area (Å²) in [6, 6.07) is 13.0. The van der Waals surface area contributed by atoms with Crippen molar-refractivity contribution in [2.24, 2.45) is 5.92 Å². The number of anilines is 2. The minimum atomic E-state index is -0.456. The van der Waals surface area contributed by atoms with Crippen molar-refractivity contribution in [3.05, 3.63) is 54.5 Å². The molecule has 0 saturated carbocycles. The van der Waals surface area contributed by atoms with Crippen LogP contribution >= 0.6 is 0 Å². The van der Waals surface area contributed by atoms with E-state index in [1.807, 2.05) is 24.3 Å². The summed E-state index contributed by atoms with van der Waals surface area (Å²) >= 11 is 0. The molecule has 0 aliphatic carbocycles. The topological polar surface area (TPSA) is 85.7 Å². The molecule has 8 nitrogen and oxygen atoms in total. The summed E-state index contributed by atoms with van der Waals surface area (Å²) in [5.41, 5.74) is 3.28. The number of imidazole rings is 1. The summed E-state index contributed by atoms with van der Waals surface area (Å²) in [7, 11) is 3.12. The first-order chi connectivity index (χ1) is 16.6. The Hall–Kier alpha value is -3.81. The third kappa shape index (κ3) is 4.23. The van der Waals surface area contributed by atoms with Crippen molar-refractivity contribution < 1.29 is 19.1 Å². The number of aryl methyl sites for hydroxylation is 2. The molecule has 1 N–H and O–H groups in total. The molecule has 34 heavy (non-hydrogen) atoms. The number of hydrogen-bond donors (Lipinski definition) is 1. The SMILES string of the molecule is COc1ccc(OC)c(N2CC(C(=O)Nc3ccc(-c4cn5c(n4)CCCC5)cc3)CC2=O)c1. The van der Waals surface area contributed by atoms with Crippen LogP contribution in [0.1, 0.15) is 25.1 Å². The molecule has 1 unspecified atom stereocenters. The van der Waals surface area contributed by atoms with Crippen molar-refractivity contribution in [2.75, 3.05) is 31.0 Å². The van der Waals surface area contributed by atoms with Crippen LogP contribution in [0.2, 0.25) is 0 Å². The van der Waals surface area contributed by atoms with Gasteiger partial charge in [-0.3, -0.25) is 9.59 Å². The van der Waals surface area contributed by atoms with Crippen molar-refractivity contribution in [3.63, 3.8) is 0 Å². The zero-order chi connectivity index (χ0) is 23.7. The lowest BCUT2D eigenvalue weighted by Gasteiger charge is -2.20. The van der Waals surface area contributed by atoms with Crippen LogP contribution in [-0.4, -0.2) is 42.1 Å². The molecule has 2 aromatic carbocycles. The first-order valence-electron chi connectivity index (χ1n) is 11.6. The van der Waals surface area contributed by atoms with E-state index in [9.17, 15) is 9.59 Å². The Kier molecular flexibility index (Phi) is 5.96. The summed E-state index contributed by atoms with van der Waals surface area (Å²) in [5, 5.41) is 2.96. The molecule has 1 saturated heterocycles. The molecule has 1 atom stereocenters. The minimum absolute atomic E-state index is 0.120. The number of carbonyl (C=O) groups excluding carboxylic acids is 2. The van der Waals surface area contributed by atoms with Crippen LogP contribution in [-0.2, 0) is 22.6 Å². The van der Waals surface area contributed by atoms with Gasteiger partial charge in [-0.1, -0.05) is 12.1 Å². The second-order valence-corrected chi connectivity index (χ2v) is 8.70. The number of amides is 2. The normalized spacial score (nSPS) is 17.4. The second-order valence-electron chi connectivity index (χ2n) is 8.70. The van der Waals surface area contributed by atoms with Gasteiger partial charge in [-0.05, 0) is 37.1 Å². The van der Waals surface area contributed by atoms with Gasteiger partial charge < -0.3 is 24.3 Å². The predicted molar refractivity (Wildman–Crippen MR) is 129 cm³/mol. The van der Waals surface area contributed by atoms with Gasteiger partial charge >= 0.3 is 0 Å². The first kappa shape index (κ1) is 22.0. The van der Waals surface area contributed by atoms with Crippen molar-refractivity contribution in [1.29, 1.82) is 0 Å². The van der Waals surface area contributed by atoms with E-state index >= 15 is 0 Å². The maximum Gasteiger partial charge on any atom is 0.229 e. The van der Waals surface area contributed by atoms with Gasteiger partial charge in [0.1, 0.15) is 17.3 Å². The Morgan fingerprint density at radius 3 is 2.65 bits per heavy atom. The summed E-state index contributed by atoms with van der Waals surface area (Å²) in [6.07, 6.45) is 5.65. The van der Waals surface area contributed by atoms with Crippen LogP contribution in [0, 0.1) is 5.92 Å². The number of nitrogens with zero attached hydrogens (tertiary/aromatic N) is 3. The van der Waals surface area contributed by atoms with Crippen molar-refractivity contribution in [3.8, 4) is 22.8 Å². The number of nitrogens with one attached hydrogen (secondary N) is 1. The highest BCUT2D eigenvalue weighted by Gasteiger charge is 2.36. The molecule has 0 radical (unpaired) electrons. The Bertz CT molecular complexity index is 1190. The number of rotatable bonds is 6. The number of hydrogen-bond acceptors (Lipinski definition) is 5. The third-order valence-corrected chi connectivity index (χ3v) is 6.53. The molecule has 2 aliphatic heterocycles. The van der Waals surface area contributed by atoms with Crippen molar-refractivity contribution in [1.82, 2.24) is 9.55 Å². The Labute approximate surface area is 198 Å². The van der Waals surface area contributed by atoms with Gasteiger partial charge in [-0.25, -0.2) is 4.98 Å². The van der Waals surface area contributed by atoms with Gasteiger partial charge in [-0.2, -0.15) is 0 Å². The standard InChI is InChI=1S/C26H28N4O4/c1-33-20-10-11-23(34-2)22(14-20)30-15-18(13-25(30)31)26(32)27-19-8-6-17(7-9-19)21-16-29-12-4-3-5-24(29)28-21/h6-11,14,16,18H,3-5,12-13,15H2,1-2H3,(H,27,32). The first-order valence-corrected chi connectivity index (χ1v) is 11.6. The number of ether oxygens (including phenoxy) is 2. The molecule has 0 spiro atoms. The monoisotopic (exact) mass is 460 g/mol. The second kappa shape index (κ2) is 9.21. The van der Waals surface area contributed by atoms with Gasteiger partial charge in [-0.15, -0.1) is 0 Å². The van der Waals surface area contributed by atoms with Crippen LogP contribution in [0.3, 0.4) is 0 Å². The van der Waals surface area contributed by atoms with E-state index in [-0.39, 0.29) is 24.8 Å². The lowest BCUT2D eigenvalue weighted by Crippen LogP contribution is -2.28. The average Bonchev–Trinajstić information content (AvgIpc) is 3.47. The fourth-order valence-electron chi connectivity index (χ4n) is 4.64. The molecule has 8 heteroatoms. The molecule has 1 fully saturated rings. The molecule has 3 heterocycles. The summed E-state index contributed by atoms with van der Waals surface area (Å²) < 4.78 is 12.9. The molecule has 2 amide bonds. The van der Waals surface area contributed by atoms with Crippen molar-refractivity contribution in [2.45, 2.75) is 32.2 Å². The number of methoxy groups -OCH3 is 2. The Balaban J connectivity index is 1.26. The number of aromatic nitrogens is 2. The quantitative estimate of drug-likeness (QED) is 0.603. The largest absolute Gasteiger partial charge is 0.497 e. The van der Waals surface area contributed by atoms with E-state index in [1.165, 1.54) is 12.8 Å². The predicted octanol–water partition coefficient (Wildman–Crippen LogP) is 3.90. The molecular weight excluding hydrogens is 432 g/mol. The fraction of sp³-hybridized carbons (Fsp3) is 0.346. The van der Waals surface area contributed by atoms with Crippen molar-refractivity contribution >= 4 is 23.2 Å². The molecule has 2 aliphatic rings. The highest BCUT2D eigenvalue weighted by molar-refractivity contribution is 6.04. The highest BCUT2D eigenvalue weighted by Crippen LogP contribution is 2.36. The van der Waals surface area contributed by atoms with Crippen LogP contribution < -0.4 is 19.7 Å². The van der Waals surface area contributed by atoms with E-state index in [0.29, 0.717) is 22.9 Å². The Morgan fingerprint density at radius 2 is 1.91 bits per heavy atom.